The summed E-state index contributed by atoms with van der Waals surface area (Å²) >= 11 is 0. The Labute approximate surface area is 200 Å². The molecule has 35 heavy (non-hydrogen) atoms. The van der Waals surface area contributed by atoms with E-state index in [1.165, 1.54) is 24.4 Å². The van der Waals surface area contributed by atoms with Crippen molar-refractivity contribution in [2.45, 2.75) is 0 Å². The average molecular weight is 481 g/mol. The molecule has 2 N–H and O–H groups in total. The van der Waals surface area contributed by atoms with Crippen LogP contribution in [0.3, 0.4) is 0 Å². The number of hydrazone groups is 1. The molecule has 2 aromatic carbocycles. The molecule has 0 spiro atoms. The molecule has 0 aliphatic carbocycles. The monoisotopic (exact) mass is 481 g/mol. The minimum absolute atomic E-state index is 0.0282. The number of halogens is 1. The zero-order valence-corrected chi connectivity index (χ0v) is 19.2. The van der Waals surface area contributed by atoms with Gasteiger partial charge in [-0.05, 0) is 30.3 Å². The molecule has 1 aliphatic heterocycles. The summed E-state index contributed by atoms with van der Waals surface area (Å²) in [6.07, 6.45) is 1.44. The molecule has 1 aliphatic rings. The van der Waals surface area contributed by atoms with Gasteiger partial charge in [-0.25, -0.2) is 9.82 Å². The zero-order chi connectivity index (χ0) is 24.8. The van der Waals surface area contributed by atoms with Crippen molar-refractivity contribution in [1.29, 1.82) is 0 Å². The molecule has 1 aromatic heterocycles. The second-order valence-corrected chi connectivity index (χ2v) is 7.78. The molecule has 182 valence electrons. The molecule has 0 amide bonds. The summed E-state index contributed by atoms with van der Waals surface area (Å²) < 4.78 is 18.7. The maximum Gasteiger partial charge on any atom is 0.293 e. The fourth-order valence-corrected chi connectivity index (χ4v) is 3.35. The summed E-state index contributed by atoms with van der Waals surface area (Å²) in [5.74, 6) is 0.492. The van der Waals surface area contributed by atoms with Crippen LogP contribution in [-0.4, -0.2) is 66.5 Å². The molecule has 13 heteroatoms. The number of aromatic nitrogens is 3. The van der Waals surface area contributed by atoms with Crippen molar-refractivity contribution in [1.82, 2.24) is 15.0 Å². The summed E-state index contributed by atoms with van der Waals surface area (Å²) in [5.41, 5.74) is 4.36. The minimum Gasteiger partial charge on any atom is -0.378 e. The van der Waals surface area contributed by atoms with Gasteiger partial charge in [0, 0.05) is 44.5 Å². The normalized spacial score (nSPS) is 13.6. The van der Waals surface area contributed by atoms with Crippen molar-refractivity contribution in [3.63, 3.8) is 0 Å². The van der Waals surface area contributed by atoms with Gasteiger partial charge >= 0.3 is 0 Å². The largest absolute Gasteiger partial charge is 0.378 e. The highest BCUT2D eigenvalue weighted by Gasteiger charge is 2.17. The quantitative estimate of drug-likeness (QED) is 0.281. The molecule has 4 rings (SSSR count). The highest BCUT2D eigenvalue weighted by Crippen LogP contribution is 2.27. The Morgan fingerprint density at radius 2 is 1.83 bits per heavy atom. The SMILES string of the molecule is CN(C)c1ccc(/C=N\Nc2nc(Nc3ccc(F)cc3)nc(N3CCOCC3)n2)cc1[N+](=O)[O-]. The molecule has 0 radical (unpaired) electrons. The number of nitro benzene ring substituents is 1. The van der Waals surface area contributed by atoms with Crippen LogP contribution in [-0.2, 0) is 4.74 Å². The number of nitrogens with one attached hydrogen (secondary N) is 2. The molecule has 2 heterocycles. The molecule has 0 atom stereocenters. The predicted octanol–water partition coefficient (Wildman–Crippen LogP) is 3.01. The van der Waals surface area contributed by atoms with E-state index in [9.17, 15) is 14.5 Å². The summed E-state index contributed by atoms with van der Waals surface area (Å²) in [4.78, 5) is 27.9. The van der Waals surface area contributed by atoms with E-state index in [2.05, 4.69) is 30.8 Å². The summed E-state index contributed by atoms with van der Waals surface area (Å²) in [6.45, 7) is 2.33. The number of morpholine rings is 1. The number of anilines is 5. The molecule has 1 fully saturated rings. The van der Waals surface area contributed by atoms with Gasteiger partial charge in [0.15, 0.2) is 0 Å². The first kappa shape index (κ1) is 23.8. The Morgan fingerprint density at radius 3 is 2.51 bits per heavy atom. The molecule has 3 aromatic rings. The lowest BCUT2D eigenvalue weighted by atomic mass is 10.2. The molecular formula is C22H24FN9O3. The fraction of sp³-hybridized carbons (Fsp3) is 0.273. The maximum atomic E-state index is 13.3. The third-order valence-corrected chi connectivity index (χ3v) is 5.07. The number of rotatable bonds is 8. The van der Waals surface area contributed by atoms with E-state index in [1.54, 1.807) is 43.3 Å². The van der Waals surface area contributed by atoms with E-state index in [4.69, 9.17) is 4.74 Å². The van der Waals surface area contributed by atoms with Crippen molar-refractivity contribution in [2.24, 2.45) is 5.10 Å². The number of nitro groups is 1. The second-order valence-electron chi connectivity index (χ2n) is 7.78. The first-order valence-electron chi connectivity index (χ1n) is 10.8. The van der Waals surface area contributed by atoms with Crippen LogP contribution in [0.1, 0.15) is 5.56 Å². The second kappa shape index (κ2) is 10.7. The van der Waals surface area contributed by atoms with Crippen molar-refractivity contribution in [2.75, 3.05) is 60.9 Å². The van der Waals surface area contributed by atoms with E-state index in [-0.39, 0.29) is 23.4 Å². The van der Waals surface area contributed by atoms with Crippen LogP contribution < -0.4 is 20.5 Å². The number of hydrogen-bond donors (Lipinski definition) is 2. The average Bonchev–Trinajstić information content (AvgIpc) is 2.85. The molecule has 12 nitrogen and oxygen atoms in total. The summed E-state index contributed by atoms with van der Waals surface area (Å²) in [7, 11) is 3.48. The van der Waals surface area contributed by atoms with Gasteiger partial charge in [0.2, 0.25) is 17.8 Å². The molecule has 0 unspecified atom stereocenters. The van der Waals surface area contributed by atoms with Crippen molar-refractivity contribution in [3.8, 4) is 0 Å². The van der Waals surface area contributed by atoms with Gasteiger partial charge in [0.05, 0.1) is 24.4 Å². The van der Waals surface area contributed by atoms with Crippen LogP contribution in [0.5, 0.6) is 0 Å². The van der Waals surface area contributed by atoms with E-state index < -0.39 is 4.92 Å². The van der Waals surface area contributed by atoms with Crippen molar-refractivity contribution in [3.05, 3.63) is 64.0 Å². The Kier molecular flexibility index (Phi) is 7.26. The van der Waals surface area contributed by atoms with Gasteiger partial charge in [-0.1, -0.05) is 6.07 Å². The zero-order valence-electron chi connectivity index (χ0n) is 19.2. The summed E-state index contributed by atoms with van der Waals surface area (Å²) in [6, 6.07) is 10.6. The van der Waals surface area contributed by atoms with Gasteiger partial charge in [0.25, 0.3) is 5.69 Å². The van der Waals surface area contributed by atoms with E-state index in [0.29, 0.717) is 49.2 Å². The predicted molar refractivity (Wildman–Crippen MR) is 131 cm³/mol. The van der Waals surface area contributed by atoms with Gasteiger partial charge in [-0.15, -0.1) is 0 Å². The molecule has 0 saturated carbocycles. The number of nitrogens with zero attached hydrogens (tertiary/aromatic N) is 7. The van der Waals surface area contributed by atoms with Gasteiger partial charge in [-0.3, -0.25) is 10.1 Å². The number of hydrogen-bond acceptors (Lipinski definition) is 11. The minimum atomic E-state index is -0.436. The van der Waals surface area contributed by atoms with Crippen LogP contribution in [0.2, 0.25) is 0 Å². The summed E-state index contributed by atoms with van der Waals surface area (Å²) in [5, 5.41) is 18.6. The lowest BCUT2D eigenvalue weighted by Gasteiger charge is -2.27. The highest BCUT2D eigenvalue weighted by atomic mass is 19.1. The van der Waals surface area contributed by atoms with Crippen molar-refractivity contribution < 1.29 is 14.1 Å². The van der Waals surface area contributed by atoms with E-state index in [1.807, 2.05) is 4.90 Å². The highest BCUT2D eigenvalue weighted by molar-refractivity contribution is 5.83. The van der Waals surface area contributed by atoms with Crippen LogP contribution in [0.4, 0.5) is 39.3 Å². The smallest absolute Gasteiger partial charge is 0.293 e. The first-order chi connectivity index (χ1) is 16.9. The molecule has 1 saturated heterocycles. The van der Waals surface area contributed by atoms with Crippen molar-refractivity contribution >= 4 is 41.1 Å². The lowest BCUT2D eigenvalue weighted by molar-refractivity contribution is -0.384. The van der Waals surface area contributed by atoms with Crippen LogP contribution in [0.15, 0.2) is 47.6 Å². The van der Waals surface area contributed by atoms with E-state index >= 15 is 0 Å². The Bertz CT molecular complexity index is 1220. The number of benzene rings is 2. The van der Waals surface area contributed by atoms with Crippen LogP contribution in [0.25, 0.3) is 0 Å². The van der Waals surface area contributed by atoms with E-state index in [0.717, 1.165) is 0 Å². The topological polar surface area (TPSA) is 134 Å². The fourth-order valence-electron chi connectivity index (χ4n) is 3.35. The lowest BCUT2D eigenvalue weighted by Crippen LogP contribution is -2.37. The standard InChI is InChI=1S/C22H24FN9O3/c1-30(2)18-8-3-15(13-19(18)32(33)34)14-24-29-21-26-20(25-17-6-4-16(23)5-7-17)27-22(28-21)31-9-11-35-12-10-31/h3-8,13-14H,9-12H2,1-2H3,(H2,25,26,27,28,29)/b24-14-. The third-order valence-electron chi connectivity index (χ3n) is 5.07. The number of ether oxygens (including phenoxy) is 1. The van der Waals surface area contributed by atoms with Gasteiger partial charge in [-0.2, -0.15) is 20.1 Å². The Balaban J connectivity index is 1.57. The van der Waals surface area contributed by atoms with Crippen LogP contribution in [0, 0.1) is 15.9 Å². The van der Waals surface area contributed by atoms with Crippen LogP contribution >= 0.6 is 0 Å². The Hall–Kier alpha value is -4.39. The van der Waals surface area contributed by atoms with Gasteiger partial charge < -0.3 is 19.9 Å². The first-order valence-corrected chi connectivity index (χ1v) is 10.8. The van der Waals surface area contributed by atoms with Gasteiger partial charge in [0.1, 0.15) is 11.5 Å². The molecular weight excluding hydrogens is 457 g/mol. The maximum absolute atomic E-state index is 13.3. The molecule has 0 bridgehead atoms. The third kappa shape index (κ3) is 6.14. The Morgan fingerprint density at radius 1 is 1.11 bits per heavy atom.